The molecule has 1 aliphatic carbocycles. The van der Waals surface area contributed by atoms with Crippen molar-refractivity contribution in [3.63, 3.8) is 0 Å². The maximum Gasteiger partial charge on any atom is 0.118 e. The summed E-state index contributed by atoms with van der Waals surface area (Å²) in [6.07, 6.45) is 4.94. The van der Waals surface area contributed by atoms with E-state index in [9.17, 15) is 0 Å². The first kappa shape index (κ1) is 9.49. The van der Waals surface area contributed by atoms with E-state index in [1.807, 2.05) is 19.9 Å². The highest BCUT2D eigenvalue weighted by molar-refractivity contribution is 5.30. The molecular formula is C10H16O2. The van der Waals surface area contributed by atoms with Crippen LogP contribution in [0.4, 0.5) is 0 Å². The molecule has 2 heteroatoms. The molecule has 0 amide bonds. The smallest absolute Gasteiger partial charge is 0.118 e. The van der Waals surface area contributed by atoms with E-state index in [0.717, 1.165) is 12.0 Å². The minimum Gasteiger partial charge on any atom is -0.251 e. The molecule has 1 rings (SSSR count). The van der Waals surface area contributed by atoms with Crippen LogP contribution in [0.15, 0.2) is 23.3 Å². The summed E-state index contributed by atoms with van der Waals surface area (Å²) in [4.78, 5) is 4.43. The highest BCUT2D eigenvalue weighted by atomic mass is 17.1. The van der Waals surface area contributed by atoms with Crippen LogP contribution in [0, 0.1) is 5.92 Å². The Labute approximate surface area is 73.5 Å². The van der Waals surface area contributed by atoms with Crippen LogP contribution in [0.2, 0.25) is 0 Å². The van der Waals surface area contributed by atoms with Crippen LogP contribution in [0.1, 0.15) is 27.2 Å². The van der Waals surface area contributed by atoms with Gasteiger partial charge in [-0.05, 0) is 31.8 Å². The first-order valence-electron chi connectivity index (χ1n) is 4.31. The largest absolute Gasteiger partial charge is 0.251 e. The van der Waals surface area contributed by atoms with E-state index in [1.54, 1.807) is 0 Å². The molecule has 0 radical (unpaired) electrons. The predicted molar refractivity (Wildman–Crippen MR) is 48.8 cm³/mol. The molecular weight excluding hydrogens is 152 g/mol. The van der Waals surface area contributed by atoms with Crippen LogP contribution in [0.25, 0.3) is 0 Å². The Balaban J connectivity index is 2.86. The van der Waals surface area contributed by atoms with Crippen LogP contribution in [0.3, 0.4) is 0 Å². The van der Waals surface area contributed by atoms with Crippen LogP contribution >= 0.6 is 0 Å². The van der Waals surface area contributed by atoms with E-state index in [0.29, 0.717) is 5.92 Å². The van der Waals surface area contributed by atoms with Gasteiger partial charge in [-0.15, -0.1) is 0 Å². The lowest BCUT2D eigenvalue weighted by atomic mass is 9.89. The van der Waals surface area contributed by atoms with Gasteiger partial charge in [0.05, 0.1) is 0 Å². The molecule has 2 unspecified atom stereocenters. The lowest BCUT2D eigenvalue weighted by molar-refractivity contribution is -0.270. The van der Waals surface area contributed by atoms with Gasteiger partial charge < -0.3 is 0 Å². The van der Waals surface area contributed by atoms with Crippen molar-refractivity contribution < 1.29 is 10.1 Å². The standard InChI is InChI=1S/C10H16O2/c1-7(2)9-5-4-8(3)6-10(9)12-11/h4-5,8,10-11H,6H2,1-3H3. The molecule has 0 aromatic rings. The molecule has 0 heterocycles. The summed E-state index contributed by atoms with van der Waals surface area (Å²) in [7, 11) is 0. The van der Waals surface area contributed by atoms with Gasteiger partial charge in [0.1, 0.15) is 6.10 Å². The molecule has 0 fully saturated rings. The second-order valence-corrected chi connectivity index (χ2v) is 3.62. The van der Waals surface area contributed by atoms with Gasteiger partial charge in [-0.3, -0.25) is 5.26 Å². The second kappa shape index (κ2) is 3.87. The summed E-state index contributed by atoms with van der Waals surface area (Å²) in [5, 5.41) is 8.66. The van der Waals surface area contributed by atoms with Crippen molar-refractivity contribution in [3.05, 3.63) is 23.3 Å². The number of rotatable bonds is 1. The molecule has 0 saturated carbocycles. The maximum absolute atomic E-state index is 8.66. The fraction of sp³-hybridized carbons (Fsp3) is 0.600. The highest BCUT2D eigenvalue weighted by Gasteiger charge is 2.20. The molecule has 0 aromatic heterocycles. The topological polar surface area (TPSA) is 29.5 Å². The zero-order valence-corrected chi connectivity index (χ0v) is 7.87. The summed E-state index contributed by atoms with van der Waals surface area (Å²) >= 11 is 0. The zero-order valence-electron chi connectivity index (χ0n) is 7.87. The molecule has 0 spiro atoms. The van der Waals surface area contributed by atoms with E-state index >= 15 is 0 Å². The van der Waals surface area contributed by atoms with Gasteiger partial charge in [0.25, 0.3) is 0 Å². The Morgan fingerprint density at radius 1 is 1.58 bits per heavy atom. The first-order valence-corrected chi connectivity index (χ1v) is 4.31. The monoisotopic (exact) mass is 168 g/mol. The third-order valence-electron chi connectivity index (χ3n) is 2.24. The molecule has 0 saturated heterocycles. The molecule has 1 N–H and O–H groups in total. The lowest BCUT2D eigenvalue weighted by Gasteiger charge is -2.23. The molecule has 0 bridgehead atoms. The van der Waals surface area contributed by atoms with Crippen LogP contribution in [-0.2, 0) is 4.89 Å². The Kier molecular flexibility index (Phi) is 3.06. The van der Waals surface area contributed by atoms with E-state index < -0.39 is 0 Å². The third kappa shape index (κ3) is 1.96. The van der Waals surface area contributed by atoms with Crippen molar-refractivity contribution in [2.24, 2.45) is 5.92 Å². The van der Waals surface area contributed by atoms with Crippen molar-refractivity contribution in [2.75, 3.05) is 0 Å². The van der Waals surface area contributed by atoms with Gasteiger partial charge in [-0.2, -0.15) is 0 Å². The summed E-state index contributed by atoms with van der Waals surface area (Å²) in [5.74, 6) is 0.491. The predicted octanol–water partition coefficient (Wildman–Crippen LogP) is 2.78. The fourth-order valence-corrected chi connectivity index (χ4v) is 1.51. The number of hydrogen-bond donors (Lipinski definition) is 1. The van der Waals surface area contributed by atoms with Crippen molar-refractivity contribution in [2.45, 2.75) is 33.3 Å². The molecule has 68 valence electrons. The van der Waals surface area contributed by atoms with Crippen molar-refractivity contribution in [1.29, 1.82) is 0 Å². The average molecular weight is 168 g/mol. The fourth-order valence-electron chi connectivity index (χ4n) is 1.51. The highest BCUT2D eigenvalue weighted by Crippen LogP contribution is 2.25. The van der Waals surface area contributed by atoms with Crippen molar-refractivity contribution >= 4 is 0 Å². The van der Waals surface area contributed by atoms with Gasteiger partial charge in [0, 0.05) is 0 Å². The normalized spacial score (nSPS) is 29.2. The van der Waals surface area contributed by atoms with E-state index in [2.05, 4.69) is 17.9 Å². The lowest BCUT2D eigenvalue weighted by Crippen LogP contribution is -2.20. The Hall–Kier alpha value is -0.600. The SMILES string of the molecule is CC(C)=C1C=CC(C)CC1OO. The minimum atomic E-state index is -0.130. The second-order valence-electron chi connectivity index (χ2n) is 3.62. The first-order chi connectivity index (χ1) is 5.65. The summed E-state index contributed by atoms with van der Waals surface area (Å²) in [6.45, 7) is 6.17. The Morgan fingerprint density at radius 3 is 2.75 bits per heavy atom. The van der Waals surface area contributed by atoms with Gasteiger partial charge in [-0.1, -0.05) is 24.6 Å². The van der Waals surface area contributed by atoms with Crippen LogP contribution < -0.4 is 0 Å². The molecule has 1 aliphatic rings. The third-order valence-corrected chi connectivity index (χ3v) is 2.24. The summed E-state index contributed by atoms with van der Waals surface area (Å²) in [6, 6.07) is 0. The maximum atomic E-state index is 8.66. The van der Waals surface area contributed by atoms with Crippen LogP contribution in [-0.4, -0.2) is 11.4 Å². The Bertz CT molecular complexity index is 212. The summed E-state index contributed by atoms with van der Waals surface area (Å²) in [5.41, 5.74) is 2.31. The Morgan fingerprint density at radius 2 is 2.25 bits per heavy atom. The number of allylic oxidation sites excluding steroid dienone is 2. The van der Waals surface area contributed by atoms with Gasteiger partial charge in [0.15, 0.2) is 0 Å². The molecule has 12 heavy (non-hydrogen) atoms. The van der Waals surface area contributed by atoms with Gasteiger partial charge in [-0.25, -0.2) is 4.89 Å². The van der Waals surface area contributed by atoms with Gasteiger partial charge >= 0.3 is 0 Å². The van der Waals surface area contributed by atoms with E-state index in [4.69, 9.17) is 5.26 Å². The number of hydrogen-bond acceptors (Lipinski definition) is 2. The van der Waals surface area contributed by atoms with Gasteiger partial charge in [0.2, 0.25) is 0 Å². The summed E-state index contributed by atoms with van der Waals surface area (Å²) < 4.78 is 0. The molecule has 0 aliphatic heterocycles. The van der Waals surface area contributed by atoms with Crippen molar-refractivity contribution in [3.8, 4) is 0 Å². The molecule has 2 atom stereocenters. The minimum absolute atomic E-state index is 0.130. The quantitative estimate of drug-likeness (QED) is 0.482. The van der Waals surface area contributed by atoms with Crippen LogP contribution in [0.5, 0.6) is 0 Å². The van der Waals surface area contributed by atoms with E-state index in [1.165, 1.54) is 5.57 Å². The zero-order chi connectivity index (χ0) is 9.14. The molecule has 0 aromatic carbocycles. The molecule has 2 nitrogen and oxygen atoms in total. The average Bonchev–Trinajstić information content (AvgIpc) is 2.03. The van der Waals surface area contributed by atoms with Crippen molar-refractivity contribution in [1.82, 2.24) is 0 Å². The van der Waals surface area contributed by atoms with E-state index in [-0.39, 0.29) is 6.10 Å².